The number of nitrogens with zero attached hydrogens (tertiary/aromatic N) is 3. The second kappa shape index (κ2) is 11.0. The SMILES string of the molecule is COC[C@@H](CCN1CCC2(CC2)[C@H](O)C1)N1CCN(C(=O)Oc2ccc(Cl)c(Cl)c2)CCC1=O. The molecule has 2 aliphatic heterocycles. The number of halogens is 2. The number of aliphatic hydroxyl groups excluding tert-OH is 1. The van der Waals surface area contributed by atoms with Crippen LogP contribution in [0.3, 0.4) is 0 Å². The lowest BCUT2D eigenvalue weighted by atomic mass is 9.90. The number of aliphatic hydroxyl groups is 1. The van der Waals surface area contributed by atoms with Crippen LogP contribution in [0.1, 0.15) is 32.1 Å². The molecular weight excluding hydrogens is 481 g/mol. The van der Waals surface area contributed by atoms with Crippen molar-refractivity contribution in [3.63, 3.8) is 0 Å². The second-order valence-corrected chi connectivity index (χ2v) is 10.4. The summed E-state index contributed by atoms with van der Waals surface area (Å²) in [6.45, 7) is 3.98. The Morgan fingerprint density at radius 1 is 1.18 bits per heavy atom. The van der Waals surface area contributed by atoms with Crippen LogP contribution in [-0.2, 0) is 9.53 Å². The maximum absolute atomic E-state index is 12.9. The summed E-state index contributed by atoms with van der Waals surface area (Å²) in [4.78, 5) is 31.3. The molecule has 34 heavy (non-hydrogen) atoms. The van der Waals surface area contributed by atoms with Gasteiger partial charge < -0.3 is 29.3 Å². The molecule has 1 aromatic carbocycles. The van der Waals surface area contributed by atoms with E-state index in [-0.39, 0.29) is 36.4 Å². The third-order valence-electron chi connectivity index (χ3n) is 7.42. The van der Waals surface area contributed by atoms with Crippen molar-refractivity contribution in [1.82, 2.24) is 14.7 Å². The number of likely N-dealkylation sites (tertiary alicyclic amines) is 1. The van der Waals surface area contributed by atoms with E-state index in [1.807, 2.05) is 4.90 Å². The summed E-state index contributed by atoms with van der Waals surface area (Å²) in [7, 11) is 1.64. The zero-order valence-electron chi connectivity index (χ0n) is 19.5. The number of β-amino-alcohol motifs (C(OH)–C–C–N with tert-alkyl or cyclic N) is 1. The van der Waals surface area contributed by atoms with Crippen LogP contribution in [0.4, 0.5) is 4.79 Å². The van der Waals surface area contributed by atoms with Crippen molar-refractivity contribution in [1.29, 1.82) is 0 Å². The van der Waals surface area contributed by atoms with Gasteiger partial charge in [0.05, 0.1) is 28.8 Å². The van der Waals surface area contributed by atoms with E-state index in [0.29, 0.717) is 42.0 Å². The molecule has 0 aromatic heterocycles. The molecule has 2 saturated heterocycles. The molecule has 2 amide bonds. The van der Waals surface area contributed by atoms with Gasteiger partial charge in [0.1, 0.15) is 5.75 Å². The van der Waals surface area contributed by atoms with Crippen LogP contribution in [0.15, 0.2) is 18.2 Å². The van der Waals surface area contributed by atoms with E-state index in [4.69, 9.17) is 32.7 Å². The van der Waals surface area contributed by atoms with Gasteiger partial charge in [0, 0.05) is 52.3 Å². The molecule has 10 heteroatoms. The van der Waals surface area contributed by atoms with E-state index in [2.05, 4.69) is 4.90 Å². The number of benzene rings is 1. The average Bonchev–Trinajstić information content (AvgIpc) is 3.61. The lowest BCUT2D eigenvalue weighted by molar-refractivity contribution is -0.134. The molecule has 0 bridgehead atoms. The Morgan fingerprint density at radius 3 is 2.65 bits per heavy atom. The van der Waals surface area contributed by atoms with Crippen LogP contribution >= 0.6 is 23.2 Å². The standard InChI is InChI=1S/C24H33Cl2N3O5/c1-33-16-17(4-9-27-11-8-24(6-7-24)21(30)15-27)29-13-12-28(10-5-22(29)31)23(32)34-18-2-3-19(25)20(26)14-18/h2-3,14,17,21,30H,4-13,15-16H2,1H3/t17-,21-/m1/s1. The van der Waals surface area contributed by atoms with Crippen molar-refractivity contribution in [2.75, 3.05) is 53.0 Å². The quantitative estimate of drug-likeness (QED) is 0.602. The van der Waals surface area contributed by atoms with Crippen molar-refractivity contribution < 1.29 is 24.2 Å². The largest absolute Gasteiger partial charge is 0.415 e. The van der Waals surface area contributed by atoms with Gasteiger partial charge in [-0.1, -0.05) is 23.2 Å². The molecule has 1 N–H and O–H groups in total. The van der Waals surface area contributed by atoms with E-state index >= 15 is 0 Å². The number of hydrogen-bond acceptors (Lipinski definition) is 6. The zero-order valence-corrected chi connectivity index (χ0v) is 21.1. The molecular formula is C24H33Cl2N3O5. The van der Waals surface area contributed by atoms with E-state index in [0.717, 1.165) is 38.8 Å². The fourth-order valence-corrected chi connectivity index (χ4v) is 5.28. The van der Waals surface area contributed by atoms with Gasteiger partial charge in [-0.3, -0.25) is 4.79 Å². The number of piperidine rings is 1. The molecule has 0 radical (unpaired) electrons. The van der Waals surface area contributed by atoms with Gasteiger partial charge in [-0.25, -0.2) is 4.79 Å². The van der Waals surface area contributed by atoms with Crippen molar-refractivity contribution in [3.05, 3.63) is 28.2 Å². The minimum Gasteiger partial charge on any atom is -0.410 e. The summed E-state index contributed by atoms with van der Waals surface area (Å²) in [5.74, 6) is 0.309. The van der Waals surface area contributed by atoms with Crippen molar-refractivity contribution in [2.24, 2.45) is 5.41 Å². The van der Waals surface area contributed by atoms with Crippen molar-refractivity contribution >= 4 is 35.2 Å². The summed E-state index contributed by atoms with van der Waals surface area (Å²) < 4.78 is 10.9. The Morgan fingerprint density at radius 2 is 1.97 bits per heavy atom. The van der Waals surface area contributed by atoms with Crippen LogP contribution < -0.4 is 4.74 Å². The highest BCUT2D eigenvalue weighted by atomic mass is 35.5. The molecule has 2 atom stereocenters. The number of carbonyl (C=O) groups is 2. The minimum atomic E-state index is -0.521. The smallest absolute Gasteiger partial charge is 0.410 e. The van der Waals surface area contributed by atoms with Gasteiger partial charge in [-0.05, 0) is 49.8 Å². The van der Waals surface area contributed by atoms with E-state index in [1.54, 1.807) is 24.1 Å². The van der Waals surface area contributed by atoms with Crippen LogP contribution in [0.2, 0.25) is 10.0 Å². The second-order valence-electron chi connectivity index (χ2n) is 9.59. The van der Waals surface area contributed by atoms with Crippen LogP contribution in [0.25, 0.3) is 0 Å². The zero-order chi connectivity index (χ0) is 24.3. The molecule has 1 aliphatic carbocycles. The Hall–Kier alpha value is -1.58. The Labute approximate surface area is 210 Å². The summed E-state index contributed by atoms with van der Waals surface area (Å²) in [6, 6.07) is 4.56. The van der Waals surface area contributed by atoms with Crippen LogP contribution in [0, 0.1) is 5.41 Å². The maximum Gasteiger partial charge on any atom is 0.415 e. The maximum atomic E-state index is 12.9. The summed E-state index contributed by atoms with van der Waals surface area (Å²) in [5.41, 5.74) is 0.179. The topological polar surface area (TPSA) is 82.6 Å². The number of hydrogen-bond donors (Lipinski definition) is 1. The van der Waals surface area contributed by atoms with Crippen molar-refractivity contribution in [3.8, 4) is 5.75 Å². The number of rotatable bonds is 7. The molecule has 1 saturated carbocycles. The van der Waals surface area contributed by atoms with Gasteiger partial charge in [-0.15, -0.1) is 0 Å². The highest BCUT2D eigenvalue weighted by molar-refractivity contribution is 6.42. The average molecular weight is 514 g/mol. The molecule has 0 unspecified atom stereocenters. The number of carbonyl (C=O) groups excluding carboxylic acids is 2. The minimum absolute atomic E-state index is 0.00231. The van der Waals surface area contributed by atoms with Gasteiger partial charge in [0.15, 0.2) is 0 Å². The number of amides is 2. The summed E-state index contributed by atoms with van der Waals surface area (Å²) in [5, 5.41) is 11.2. The molecule has 3 aliphatic rings. The normalized spacial score (nSPS) is 23.6. The van der Waals surface area contributed by atoms with Crippen molar-refractivity contribution in [2.45, 2.75) is 44.2 Å². The third kappa shape index (κ3) is 5.97. The fourth-order valence-electron chi connectivity index (χ4n) is 4.99. The lowest BCUT2D eigenvalue weighted by Crippen LogP contribution is -2.49. The highest BCUT2D eigenvalue weighted by Crippen LogP contribution is 2.53. The molecule has 188 valence electrons. The molecule has 8 nitrogen and oxygen atoms in total. The fraction of sp³-hybridized carbons (Fsp3) is 0.667. The first-order chi connectivity index (χ1) is 16.3. The van der Waals surface area contributed by atoms with E-state index in [9.17, 15) is 14.7 Å². The Balaban J connectivity index is 1.31. The molecule has 1 aromatic rings. The Kier molecular flexibility index (Phi) is 8.25. The van der Waals surface area contributed by atoms with Gasteiger partial charge in [0.2, 0.25) is 5.91 Å². The molecule has 2 heterocycles. The van der Waals surface area contributed by atoms with E-state index < -0.39 is 6.09 Å². The first-order valence-corrected chi connectivity index (χ1v) is 12.7. The predicted octanol–water partition coefficient (Wildman–Crippen LogP) is 3.28. The molecule has 1 spiro atoms. The monoisotopic (exact) mass is 513 g/mol. The highest BCUT2D eigenvalue weighted by Gasteiger charge is 2.51. The van der Waals surface area contributed by atoms with E-state index in [1.165, 1.54) is 6.07 Å². The van der Waals surface area contributed by atoms with Crippen LogP contribution in [-0.4, -0.2) is 96.9 Å². The first-order valence-electron chi connectivity index (χ1n) is 11.9. The van der Waals surface area contributed by atoms with Gasteiger partial charge in [0.25, 0.3) is 0 Å². The third-order valence-corrected chi connectivity index (χ3v) is 8.15. The molecule has 3 fully saturated rings. The van der Waals surface area contributed by atoms with Gasteiger partial charge in [-0.2, -0.15) is 0 Å². The summed E-state index contributed by atoms with van der Waals surface area (Å²) >= 11 is 11.9. The first kappa shape index (κ1) is 25.5. The van der Waals surface area contributed by atoms with Gasteiger partial charge >= 0.3 is 6.09 Å². The number of methoxy groups -OCH3 is 1. The predicted molar refractivity (Wildman–Crippen MR) is 129 cm³/mol. The van der Waals surface area contributed by atoms with Crippen LogP contribution in [0.5, 0.6) is 5.75 Å². The lowest BCUT2D eigenvalue weighted by Gasteiger charge is -2.38. The summed E-state index contributed by atoms with van der Waals surface area (Å²) in [6.07, 6.45) is 3.53. The molecule has 4 rings (SSSR count). The number of ether oxygens (including phenoxy) is 2. The Bertz CT molecular complexity index is 897.